The van der Waals surface area contributed by atoms with Gasteiger partial charge in [0.05, 0.1) is 11.8 Å². The molecule has 5 nitrogen and oxygen atoms in total. The van der Waals surface area contributed by atoms with E-state index in [2.05, 4.69) is 17.4 Å². The van der Waals surface area contributed by atoms with E-state index in [0.29, 0.717) is 36.5 Å². The monoisotopic (exact) mass is 446 g/mol. The molecule has 0 aromatic heterocycles. The summed E-state index contributed by atoms with van der Waals surface area (Å²) in [6.07, 6.45) is 4.19. The third-order valence-corrected chi connectivity index (χ3v) is 8.23. The lowest BCUT2D eigenvalue weighted by Crippen LogP contribution is -2.44. The number of nitrogens with zero attached hydrogens (tertiary/aromatic N) is 1. The van der Waals surface area contributed by atoms with Crippen molar-refractivity contribution in [1.82, 2.24) is 9.62 Å². The third-order valence-electron chi connectivity index (χ3n) is 6.14. The Labute approximate surface area is 183 Å². The molecule has 1 amide bonds. The van der Waals surface area contributed by atoms with Crippen LogP contribution in [0.15, 0.2) is 48.5 Å². The number of rotatable bonds is 5. The van der Waals surface area contributed by atoms with Gasteiger partial charge in [0.15, 0.2) is 0 Å². The molecule has 0 radical (unpaired) electrons. The fourth-order valence-electron chi connectivity index (χ4n) is 4.52. The van der Waals surface area contributed by atoms with Crippen LogP contribution >= 0.6 is 11.6 Å². The van der Waals surface area contributed by atoms with E-state index in [9.17, 15) is 13.2 Å². The van der Waals surface area contributed by atoms with E-state index in [4.69, 9.17) is 11.6 Å². The number of fused-ring (bicyclic) bond motifs is 1. The number of hydrogen-bond donors (Lipinski definition) is 1. The van der Waals surface area contributed by atoms with Crippen LogP contribution in [0.4, 0.5) is 0 Å². The highest BCUT2D eigenvalue weighted by atomic mass is 35.5. The molecule has 1 fully saturated rings. The van der Waals surface area contributed by atoms with Crippen LogP contribution in [0.5, 0.6) is 0 Å². The van der Waals surface area contributed by atoms with E-state index >= 15 is 0 Å². The zero-order chi connectivity index (χ0) is 21.1. The van der Waals surface area contributed by atoms with Crippen LogP contribution in [0.1, 0.15) is 48.4 Å². The lowest BCUT2D eigenvalue weighted by molar-refractivity contribution is -0.127. The first-order valence-corrected chi connectivity index (χ1v) is 12.5. The molecule has 160 valence electrons. The number of piperidine rings is 1. The summed E-state index contributed by atoms with van der Waals surface area (Å²) in [6.45, 7) is 0.754. The molecule has 4 rings (SSSR count). The van der Waals surface area contributed by atoms with Crippen LogP contribution < -0.4 is 5.32 Å². The van der Waals surface area contributed by atoms with Crippen molar-refractivity contribution in [1.29, 1.82) is 0 Å². The highest BCUT2D eigenvalue weighted by molar-refractivity contribution is 7.88. The smallest absolute Gasteiger partial charge is 0.223 e. The van der Waals surface area contributed by atoms with E-state index in [0.717, 1.165) is 19.3 Å². The van der Waals surface area contributed by atoms with Crippen molar-refractivity contribution in [2.45, 2.75) is 43.9 Å². The average molecular weight is 447 g/mol. The Morgan fingerprint density at radius 1 is 1.07 bits per heavy atom. The summed E-state index contributed by atoms with van der Waals surface area (Å²) in [4.78, 5) is 12.9. The Hall–Kier alpha value is -1.89. The fourth-order valence-corrected chi connectivity index (χ4v) is 6.28. The predicted molar refractivity (Wildman–Crippen MR) is 119 cm³/mol. The number of carbonyl (C=O) groups excluding carboxylic acids is 1. The molecular weight excluding hydrogens is 420 g/mol. The van der Waals surface area contributed by atoms with Gasteiger partial charge in [-0.1, -0.05) is 48.0 Å². The summed E-state index contributed by atoms with van der Waals surface area (Å²) >= 11 is 5.97. The zero-order valence-corrected chi connectivity index (χ0v) is 18.5. The van der Waals surface area contributed by atoms with E-state index in [1.54, 1.807) is 24.3 Å². The van der Waals surface area contributed by atoms with Gasteiger partial charge in [-0.05, 0) is 60.9 Å². The van der Waals surface area contributed by atoms with Crippen molar-refractivity contribution >= 4 is 27.5 Å². The number of benzene rings is 2. The first-order valence-electron chi connectivity index (χ1n) is 10.5. The number of amides is 1. The molecule has 2 aliphatic rings. The Kier molecular flexibility index (Phi) is 6.46. The molecule has 1 N–H and O–H groups in total. The summed E-state index contributed by atoms with van der Waals surface area (Å²) in [7, 11) is -3.43. The van der Waals surface area contributed by atoms with E-state index in [1.807, 2.05) is 12.1 Å². The van der Waals surface area contributed by atoms with Gasteiger partial charge in [0.2, 0.25) is 15.9 Å². The summed E-state index contributed by atoms with van der Waals surface area (Å²) in [5.74, 6) is -0.163. The van der Waals surface area contributed by atoms with Crippen molar-refractivity contribution < 1.29 is 13.2 Å². The lowest BCUT2D eigenvalue weighted by atomic mass is 9.87. The van der Waals surface area contributed by atoms with Crippen molar-refractivity contribution in [2.24, 2.45) is 5.92 Å². The first kappa shape index (κ1) is 21.3. The molecule has 2 aromatic rings. The van der Waals surface area contributed by atoms with Gasteiger partial charge < -0.3 is 5.32 Å². The number of hydrogen-bond acceptors (Lipinski definition) is 3. The molecule has 0 saturated carbocycles. The van der Waals surface area contributed by atoms with Crippen molar-refractivity contribution in [3.63, 3.8) is 0 Å². The molecule has 1 atom stereocenters. The maximum absolute atomic E-state index is 12.9. The third kappa shape index (κ3) is 4.88. The molecule has 2 aromatic carbocycles. The zero-order valence-electron chi connectivity index (χ0n) is 16.9. The second kappa shape index (κ2) is 9.08. The lowest BCUT2D eigenvalue weighted by Gasteiger charge is -2.32. The predicted octanol–water partition coefficient (Wildman–Crippen LogP) is 4.08. The van der Waals surface area contributed by atoms with Crippen LogP contribution in [0.2, 0.25) is 5.02 Å². The second-order valence-corrected chi connectivity index (χ2v) is 10.6. The molecule has 1 saturated heterocycles. The Morgan fingerprint density at radius 3 is 2.60 bits per heavy atom. The van der Waals surface area contributed by atoms with Crippen LogP contribution in [0.3, 0.4) is 0 Å². The van der Waals surface area contributed by atoms with Crippen LogP contribution in [-0.2, 0) is 27.0 Å². The van der Waals surface area contributed by atoms with Gasteiger partial charge in [-0.25, -0.2) is 12.7 Å². The van der Waals surface area contributed by atoms with E-state index in [-0.39, 0.29) is 23.6 Å². The number of nitrogens with one attached hydrogen (secondary N) is 1. The summed E-state index contributed by atoms with van der Waals surface area (Å²) in [6, 6.07) is 15.3. The standard InChI is InChI=1S/C23H27ClN2O3S/c24-20-8-3-5-17(15-20)16-30(28,29)26-13-11-19(12-14-26)23(27)25-22-10-4-7-18-6-1-2-9-21(18)22/h1-3,5-6,8-9,15,19,22H,4,7,10-14,16H2,(H,25,27)/t22-/m1/s1. The molecule has 30 heavy (non-hydrogen) atoms. The van der Waals surface area contributed by atoms with E-state index < -0.39 is 10.0 Å². The van der Waals surface area contributed by atoms with Crippen LogP contribution in [-0.4, -0.2) is 31.7 Å². The molecule has 0 spiro atoms. The van der Waals surface area contributed by atoms with Crippen LogP contribution in [0, 0.1) is 5.92 Å². The maximum atomic E-state index is 12.9. The quantitative estimate of drug-likeness (QED) is 0.752. The minimum absolute atomic E-state index is 0.0450. The summed E-state index contributed by atoms with van der Waals surface area (Å²) in [5, 5.41) is 3.75. The van der Waals surface area contributed by atoms with Crippen LogP contribution in [0.25, 0.3) is 0 Å². The Bertz CT molecular complexity index is 1020. The molecule has 7 heteroatoms. The number of sulfonamides is 1. The summed E-state index contributed by atoms with van der Waals surface area (Å²) < 4.78 is 27.1. The molecule has 1 aliphatic heterocycles. The summed E-state index contributed by atoms with van der Waals surface area (Å²) in [5.41, 5.74) is 3.22. The highest BCUT2D eigenvalue weighted by Gasteiger charge is 2.32. The molecule has 0 unspecified atom stereocenters. The van der Waals surface area contributed by atoms with Gasteiger partial charge in [0.1, 0.15) is 0 Å². The van der Waals surface area contributed by atoms with Gasteiger partial charge in [-0.2, -0.15) is 0 Å². The number of carbonyl (C=O) groups is 1. The van der Waals surface area contributed by atoms with Gasteiger partial charge in [-0.3, -0.25) is 4.79 Å². The van der Waals surface area contributed by atoms with Crippen molar-refractivity contribution in [3.05, 3.63) is 70.2 Å². The molecule has 1 aliphatic carbocycles. The Balaban J connectivity index is 1.34. The number of aryl methyl sites for hydroxylation is 1. The van der Waals surface area contributed by atoms with Gasteiger partial charge in [0.25, 0.3) is 0 Å². The molecular formula is C23H27ClN2O3S. The molecule has 0 bridgehead atoms. The van der Waals surface area contributed by atoms with Gasteiger partial charge >= 0.3 is 0 Å². The molecule has 1 heterocycles. The highest BCUT2D eigenvalue weighted by Crippen LogP contribution is 2.30. The van der Waals surface area contributed by atoms with Crippen molar-refractivity contribution in [3.8, 4) is 0 Å². The van der Waals surface area contributed by atoms with Gasteiger partial charge in [0, 0.05) is 24.0 Å². The van der Waals surface area contributed by atoms with Crippen molar-refractivity contribution in [2.75, 3.05) is 13.1 Å². The first-order chi connectivity index (χ1) is 14.4. The SMILES string of the molecule is O=C(N[C@@H]1CCCc2ccccc21)C1CCN(S(=O)(=O)Cc2cccc(Cl)c2)CC1. The van der Waals surface area contributed by atoms with E-state index in [1.165, 1.54) is 15.4 Å². The maximum Gasteiger partial charge on any atom is 0.223 e. The average Bonchev–Trinajstić information content (AvgIpc) is 2.74. The minimum atomic E-state index is -3.43. The minimum Gasteiger partial charge on any atom is -0.349 e. The number of halogens is 1. The Morgan fingerprint density at radius 2 is 1.83 bits per heavy atom. The fraction of sp³-hybridized carbons (Fsp3) is 0.435. The largest absolute Gasteiger partial charge is 0.349 e. The second-order valence-electron chi connectivity index (χ2n) is 8.21. The van der Waals surface area contributed by atoms with Gasteiger partial charge in [-0.15, -0.1) is 0 Å². The normalized spacial score (nSPS) is 20.5. The topological polar surface area (TPSA) is 66.5 Å².